The predicted octanol–water partition coefficient (Wildman–Crippen LogP) is 4.52. The minimum atomic E-state index is -0.522. The van der Waals surface area contributed by atoms with E-state index in [1.54, 1.807) is 12.1 Å². The van der Waals surface area contributed by atoms with Gasteiger partial charge in [0.25, 0.3) is 5.91 Å². The lowest BCUT2D eigenvalue weighted by Crippen LogP contribution is -2.44. The van der Waals surface area contributed by atoms with Crippen LogP contribution >= 0.6 is 31.9 Å². The molecule has 1 aromatic carbocycles. The van der Waals surface area contributed by atoms with E-state index in [2.05, 4.69) is 57.9 Å². The third kappa shape index (κ3) is 4.56. The van der Waals surface area contributed by atoms with Gasteiger partial charge in [-0.3, -0.25) is 4.79 Å². The van der Waals surface area contributed by atoms with E-state index in [-0.39, 0.29) is 22.9 Å². The number of amides is 1. The number of benzene rings is 1. The Morgan fingerprint density at radius 1 is 1.42 bits per heavy atom. The maximum Gasteiger partial charge on any atom is 0.254 e. The number of hydrogen-bond acceptors (Lipinski definition) is 1. The van der Waals surface area contributed by atoms with Crippen molar-refractivity contribution < 1.29 is 9.18 Å². The highest BCUT2D eigenvalue weighted by Gasteiger charge is 2.27. The molecule has 1 aromatic rings. The zero-order valence-corrected chi connectivity index (χ0v) is 14.4. The van der Waals surface area contributed by atoms with Crippen LogP contribution in [0.15, 0.2) is 22.7 Å². The van der Waals surface area contributed by atoms with E-state index in [9.17, 15) is 9.18 Å². The van der Waals surface area contributed by atoms with Crippen molar-refractivity contribution in [3.05, 3.63) is 34.1 Å². The summed E-state index contributed by atoms with van der Waals surface area (Å²) in [6, 6.07) is 4.70. The van der Waals surface area contributed by atoms with Crippen LogP contribution in [0.4, 0.5) is 4.39 Å². The predicted molar refractivity (Wildman–Crippen MR) is 83.2 cm³/mol. The molecule has 1 amide bonds. The molecule has 2 nitrogen and oxygen atoms in total. The quantitative estimate of drug-likeness (QED) is 0.747. The molecule has 0 aliphatic rings. The van der Waals surface area contributed by atoms with Crippen LogP contribution in [-0.4, -0.2) is 17.3 Å². The van der Waals surface area contributed by atoms with Crippen LogP contribution in [0.5, 0.6) is 0 Å². The van der Waals surface area contributed by atoms with Crippen molar-refractivity contribution in [1.29, 1.82) is 0 Å². The van der Waals surface area contributed by atoms with Gasteiger partial charge in [0.15, 0.2) is 0 Å². The molecule has 0 saturated carbocycles. The second-order valence-corrected chi connectivity index (χ2v) is 7.12. The highest BCUT2D eigenvalue weighted by molar-refractivity contribution is 9.10. The fraction of sp³-hybridized carbons (Fsp3) is 0.500. The molecule has 0 spiro atoms. The summed E-state index contributed by atoms with van der Waals surface area (Å²) in [5, 5.41) is 3.70. The van der Waals surface area contributed by atoms with Crippen molar-refractivity contribution in [2.24, 2.45) is 5.41 Å². The van der Waals surface area contributed by atoms with Crippen LogP contribution in [0, 0.1) is 11.2 Å². The Morgan fingerprint density at radius 2 is 2.05 bits per heavy atom. The standard InChI is InChI=1S/C14H18Br2FNO/c1-14(2,3)11(7-8-15)18-13(19)9-5-4-6-10(16)12(9)17/h4-6,11H,7-8H2,1-3H3,(H,18,19). The second kappa shape index (κ2) is 6.84. The van der Waals surface area contributed by atoms with Crippen LogP contribution in [-0.2, 0) is 0 Å². The van der Waals surface area contributed by atoms with Crippen LogP contribution in [0.25, 0.3) is 0 Å². The van der Waals surface area contributed by atoms with E-state index in [0.717, 1.165) is 11.8 Å². The number of halogens is 3. The highest BCUT2D eigenvalue weighted by atomic mass is 79.9. The summed E-state index contributed by atoms with van der Waals surface area (Å²) >= 11 is 6.47. The Hall–Kier alpha value is -0.420. The first-order chi connectivity index (χ1) is 8.77. The number of hydrogen-bond donors (Lipinski definition) is 1. The highest BCUT2D eigenvalue weighted by Crippen LogP contribution is 2.24. The minimum Gasteiger partial charge on any atom is -0.349 e. The number of carbonyl (C=O) groups excluding carboxylic acids is 1. The molecule has 1 N–H and O–H groups in total. The number of alkyl halides is 1. The van der Waals surface area contributed by atoms with Gasteiger partial charge in [-0.25, -0.2) is 4.39 Å². The van der Waals surface area contributed by atoms with Crippen LogP contribution in [0.3, 0.4) is 0 Å². The number of carbonyl (C=O) groups is 1. The summed E-state index contributed by atoms with van der Waals surface area (Å²) in [6.45, 7) is 6.16. The molecule has 0 radical (unpaired) electrons. The molecular weight excluding hydrogens is 377 g/mol. The lowest BCUT2D eigenvalue weighted by Gasteiger charge is -2.31. The van der Waals surface area contributed by atoms with Crippen molar-refractivity contribution in [2.45, 2.75) is 33.2 Å². The van der Waals surface area contributed by atoms with E-state index in [1.807, 2.05) is 0 Å². The smallest absolute Gasteiger partial charge is 0.254 e. The Kier molecular flexibility index (Phi) is 5.99. The lowest BCUT2D eigenvalue weighted by atomic mass is 9.85. The molecule has 106 valence electrons. The molecule has 1 unspecified atom stereocenters. The first-order valence-electron chi connectivity index (χ1n) is 6.08. The number of nitrogens with one attached hydrogen (secondary N) is 1. The van der Waals surface area contributed by atoms with Gasteiger partial charge in [0.2, 0.25) is 0 Å². The van der Waals surface area contributed by atoms with E-state index < -0.39 is 5.82 Å². The van der Waals surface area contributed by atoms with Gasteiger partial charge in [0.05, 0.1) is 10.0 Å². The third-order valence-corrected chi connectivity index (χ3v) is 4.01. The van der Waals surface area contributed by atoms with Gasteiger partial charge < -0.3 is 5.32 Å². The normalized spacial score (nSPS) is 13.2. The van der Waals surface area contributed by atoms with Crippen molar-refractivity contribution >= 4 is 37.8 Å². The summed E-state index contributed by atoms with van der Waals surface area (Å²) in [4.78, 5) is 12.2. The van der Waals surface area contributed by atoms with Crippen molar-refractivity contribution in [1.82, 2.24) is 5.32 Å². The van der Waals surface area contributed by atoms with E-state index in [0.29, 0.717) is 4.47 Å². The maximum absolute atomic E-state index is 13.9. The molecule has 0 saturated heterocycles. The molecule has 0 aliphatic heterocycles. The summed E-state index contributed by atoms with van der Waals surface area (Å²) in [5.41, 5.74) is -0.00969. The first-order valence-corrected chi connectivity index (χ1v) is 7.99. The summed E-state index contributed by atoms with van der Waals surface area (Å²) in [5.74, 6) is -0.897. The second-order valence-electron chi connectivity index (χ2n) is 5.47. The summed E-state index contributed by atoms with van der Waals surface area (Å²) < 4.78 is 14.2. The van der Waals surface area contributed by atoms with Gasteiger partial charge >= 0.3 is 0 Å². The van der Waals surface area contributed by atoms with Gasteiger partial charge in [0, 0.05) is 11.4 Å². The average molecular weight is 395 g/mol. The fourth-order valence-electron chi connectivity index (χ4n) is 1.75. The Morgan fingerprint density at radius 3 is 2.58 bits per heavy atom. The molecule has 1 atom stereocenters. The molecule has 0 aromatic heterocycles. The zero-order chi connectivity index (χ0) is 14.6. The Balaban J connectivity index is 2.91. The van der Waals surface area contributed by atoms with Gasteiger partial charge in [-0.05, 0) is 39.9 Å². The Bertz CT molecular complexity index is 457. The lowest BCUT2D eigenvalue weighted by molar-refractivity contribution is 0.0896. The molecule has 0 heterocycles. The van der Waals surface area contributed by atoms with Gasteiger partial charge in [-0.15, -0.1) is 0 Å². The molecule has 19 heavy (non-hydrogen) atoms. The molecular formula is C14H18Br2FNO. The van der Waals surface area contributed by atoms with E-state index >= 15 is 0 Å². The van der Waals surface area contributed by atoms with Gasteiger partial charge in [-0.2, -0.15) is 0 Å². The molecule has 1 rings (SSSR count). The number of rotatable bonds is 4. The molecule has 0 aliphatic carbocycles. The fourth-order valence-corrected chi connectivity index (χ4v) is 2.57. The van der Waals surface area contributed by atoms with Gasteiger partial charge in [-0.1, -0.05) is 42.8 Å². The average Bonchev–Trinajstić information content (AvgIpc) is 2.30. The van der Waals surface area contributed by atoms with Crippen LogP contribution in [0.2, 0.25) is 0 Å². The zero-order valence-electron chi connectivity index (χ0n) is 11.3. The maximum atomic E-state index is 13.9. The molecule has 0 fully saturated rings. The van der Waals surface area contributed by atoms with Crippen molar-refractivity contribution in [3.8, 4) is 0 Å². The SMILES string of the molecule is CC(C)(C)C(CCBr)NC(=O)c1cccc(Br)c1F. The van der Waals surface area contributed by atoms with Crippen LogP contribution < -0.4 is 5.32 Å². The monoisotopic (exact) mass is 393 g/mol. The first kappa shape index (κ1) is 16.6. The van der Waals surface area contributed by atoms with Crippen molar-refractivity contribution in [3.63, 3.8) is 0 Å². The largest absolute Gasteiger partial charge is 0.349 e. The summed E-state index contributed by atoms with van der Waals surface area (Å²) in [7, 11) is 0. The summed E-state index contributed by atoms with van der Waals surface area (Å²) in [6.07, 6.45) is 0.796. The van der Waals surface area contributed by atoms with E-state index in [1.165, 1.54) is 6.07 Å². The minimum absolute atomic E-state index is 0.0160. The van der Waals surface area contributed by atoms with Crippen LogP contribution in [0.1, 0.15) is 37.6 Å². The third-order valence-electron chi connectivity index (χ3n) is 2.94. The Labute approximate surface area is 130 Å². The van der Waals surface area contributed by atoms with Gasteiger partial charge in [0.1, 0.15) is 5.82 Å². The molecule has 5 heteroatoms. The van der Waals surface area contributed by atoms with Crippen molar-refractivity contribution in [2.75, 3.05) is 5.33 Å². The topological polar surface area (TPSA) is 29.1 Å². The molecule has 0 bridgehead atoms. The van der Waals surface area contributed by atoms with E-state index in [4.69, 9.17) is 0 Å².